The number of hydrogen-bond acceptors (Lipinski definition) is 4. The van der Waals surface area contributed by atoms with E-state index in [1.807, 2.05) is 25.1 Å². The first kappa shape index (κ1) is 16.8. The van der Waals surface area contributed by atoms with Gasteiger partial charge in [0.15, 0.2) is 5.58 Å². The Morgan fingerprint density at radius 2 is 1.96 bits per heavy atom. The van der Waals surface area contributed by atoms with Crippen LogP contribution in [0.4, 0.5) is 0 Å². The van der Waals surface area contributed by atoms with E-state index in [1.54, 1.807) is 0 Å². The molecular weight excluding hydrogens is 326 g/mol. The van der Waals surface area contributed by atoms with Crippen molar-refractivity contribution in [2.75, 3.05) is 6.54 Å². The van der Waals surface area contributed by atoms with Gasteiger partial charge in [0.05, 0.1) is 5.69 Å². The monoisotopic (exact) mass is 349 g/mol. The number of furan rings is 1. The summed E-state index contributed by atoms with van der Waals surface area (Å²) in [6.45, 7) is 2.65. The molecule has 1 N–H and O–H groups in total. The zero-order chi connectivity index (χ0) is 17.9. The summed E-state index contributed by atoms with van der Waals surface area (Å²) in [5.41, 5.74) is 4.65. The van der Waals surface area contributed by atoms with E-state index >= 15 is 0 Å². The van der Waals surface area contributed by atoms with Gasteiger partial charge in [-0.15, -0.1) is 0 Å². The van der Waals surface area contributed by atoms with Gasteiger partial charge >= 0.3 is 0 Å². The Hall–Kier alpha value is -2.69. The number of carbonyl (C=O) groups is 1. The number of rotatable bonds is 5. The molecule has 134 valence electrons. The number of aromatic nitrogens is 2. The first-order valence-corrected chi connectivity index (χ1v) is 9.39. The van der Waals surface area contributed by atoms with Crippen molar-refractivity contribution in [2.24, 2.45) is 0 Å². The Morgan fingerprint density at radius 1 is 1.15 bits per heavy atom. The predicted molar refractivity (Wildman–Crippen MR) is 100 cm³/mol. The lowest BCUT2D eigenvalue weighted by Crippen LogP contribution is -2.26. The molecule has 0 atom stereocenters. The number of benzene rings is 1. The van der Waals surface area contributed by atoms with Gasteiger partial charge in [-0.05, 0) is 31.2 Å². The van der Waals surface area contributed by atoms with E-state index in [9.17, 15) is 4.79 Å². The Bertz CT molecular complexity index is 931. The molecule has 0 aliphatic heterocycles. The molecule has 1 aromatic carbocycles. The van der Waals surface area contributed by atoms with Crippen LogP contribution in [0.5, 0.6) is 0 Å². The molecule has 0 unspecified atom stereocenters. The fourth-order valence-corrected chi connectivity index (χ4v) is 3.50. The average molecular weight is 349 g/mol. The van der Waals surface area contributed by atoms with Crippen molar-refractivity contribution in [2.45, 2.75) is 45.4 Å². The SMILES string of the molecule is CCCNC(=O)c1nc(Cc2ccccc2)c2oc3c(c2n1)CCCC3. The van der Waals surface area contributed by atoms with E-state index in [0.29, 0.717) is 13.0 Å². The number of amides is 1. The highest BCUT2D eigenvalue weighted by Gasteiger charge is 2.24. The minimum absolute atomic E-state index is 0.214. The summed E-state index contributed by atoms with van der Waals surface area (Å²) in [6.07, 6.45) is 5.68. The highest BCUT2D eigenvalue weighted by atomic mass is 16.3. The molecule has 5 heteroatoms. The van der Waals surface area contributed by atoms with Gasteiger partial charge in [0.1, 0.15) is 11.3 Å². The molecule has 0 radical (unpaired) electrons. The van der Waals surface area contributed by atoms with Gasteiger partial charge in [0.2, 0.25) is 5.82 Å². The molecule has 1 aliphatic rings. The summed E-state index contributed by atoms with van der Waals surface area (Å²) >= 11 is 0. The maximum atomic E-state index is 12.5. The number of nitrogens with one attached hydrogen (secondary N) is 1. The summed E-state index contributed by atoms with van der Waals surface area (Å²) in [5.74, 6) is 1.04. The summed E-state index contributed by atoms with van der Waals surface area (Å²) in [7, 11) is 0. The van der Waals surface area contributed by atoms with Crippen LogP contribution in [0, 0.1) is 0 Å². The van der Waals surface area contributed by atoms with Crippen LogP contribution in [0.25, 0.3) is 11.1 Å². The van der Waals surface area contributed by atoms with Crippen molar-refractivity contribution in [3.8, 4) is 0 Å². The molecule has 0 fully saturated rings. The van der Waals surface area contributed by atoms with Gasteiger partial charge in [-0.25, -0.2) is 9.97 Å². The molecule has 0 saturated carbocycles. The zero-order valence-electron chi connectivity index (χ0n) is 15.0. The maximum Gasteiger partial charge on any atom is 0.289 e. The van der Waals surface area contributed by atoms with Crippen molar-refractivity contribution in [3.05, 3.63) is 58.7 Å². The fraction of sp³-hybridized carbons (Fsp3) is 0.381. The van der Waals surface area contributed by atoms with E-state index in [0.717, 1.165) is 65.8 Å². The van der Waals surface area contributed by atoms with Crippen LogP contribution in [0.2, 0.25) is 0 Å². The van der Waals surface area contributed by atoms with E-state index in [1.165, 1.54) is 0 Å². The lowest BCUT2D eigenvalue weighted by Gasteiger charge is -2.08. The van der Waals surface area contributed by atoms with Crippen molar-refractivity contribution in [3.63, 3.8) is 0 Å². The third-order valence-electron chi connectivity index (χ3n) is 4.82. The molecule has 3 aromatic rings. The van der Waals surface area contributed by atoms with Gasteiger partial charge in [-0.3, -0.25) is 4.79 Å². The van der Waals surface area contributed by atoms with Crippen molar-refractivity contribution < 1.29 is 9.21 Å². The number of fused-ring (bicyclic) bond motifs is 3. The second-order valence-electron chi connectivity index (χ2n) is 6.80. The Balaban J connectivity index is 1.81. The molecule has 1 aliphatic carbocycles. The summed E-state index contributed by atoms with van der Waals surface area (Å²) in [6, 6.07) is 10.1. The number of carbonyl (C=O) groups excluding carboxylic acids is 1. The van der Waals surface area contributed by atoms with Crippen LogP contribution < -0.4 is 5.32 Å². The van der Waals surface area contributed by atoms with Crippen LogP contribution >= 0.6 is 0 Å². The number of nitrogens with zero attached hydrogens (tertiary/aromatic N) is 2. The van der Waals surface area contributed by atoms with Crippen molar-refractivity contribution >= 4 is 17.0 Å². The Labute approximate surface area is 152 Å². The van der Waals surface area contributed by atoms with E-state index in [-0.39, 0.29) is 11.7 Å². The van der Waals surface area contributed by atoms with Crippen LogP contribution in [0.15, 0.2) is 34.7 Å². The van der Waals surface area contributed by atoms with E-state index in [4.69, 9.17) is 4.42 Å². The van der Waals surface area contributed by atoms with Gasteiger partial charge < -0.3 is 9.73 Å². The molecule has 2 heterocycles. The third kappa shape index (κ3) is 3.21. The van der Waals surface area contributed by atoms with Crippen molar-refractivity contribution in [1.82, 2.24) is 15.3 Å². The second-order valence-corrected chi connectivity index (χ2v) is 6.80. The van der Waals surface area contributed by atoms with E-state index < -0.39 is 0 Å². The molecule has 5 nitrogen and oxygen atoms in total. The average Bonchev–Trinajstić information content (AvgIpc) is 3.06. The third-order valence-corrected chi connectivity index (χ3v) is 4.82. The van der Waals surface area contributed by atoms with Gasteiger partial charge in [0.25, 0.3) is 5.91 Å². The highest BCUT2D eigenvalue weighted by molar-refractivity contribution is 5.93. The van der Waals surface area contributed by atoms with Crippen molar-refractivity contribution in [1.29, 1.82) is 0 Å². The molecule has 0 bridgehead atoms. The van der Waals surface area contributed by atoms with Crippen LogP contribution in [0.3, 0.4) is 0 Å². The minimum atomic E-state index is -0.214. The van der Waals surface area contributed by atoms with Crippen LogP contribution in [0.1, 0.15) is 59.4 Å². The molecule has 0 spiro atoms. The van der Waals surface area contributed by atoms with Gasteiger partial charge in [0, 0.05) is 24.9 Å². The van der Waals surface area contributed by atoms with Gasteiger partial charge in [-0.2, -0.15) is 0 Å². The van der Waals surface area contributed by atoms with Crippen LogP contribution in [-0.4, -0.2) is 22.4 Å². The Morgan fingerprint density at radius 3 is 2.77 bits per heavy atom. The van der Waals surface area contributed by atoms with Gasteiger partial charge in [-0.1, -0.05) is 37.3 Å². The molecule has 26 heavy (non-hydrogen) atoms. The smallest absolute Gasteiger partial charge is 0.289 e. The first-order valence-electron chi connectivity index (χ1n) is 9.39. The zero-order valence-corrected chi connectivity index (χ0v) is 15.0. The maximum absolute atomic E-state index is 12.5. The molecule has 0 saturated heterocycles. The standard InChI is InChI=1S/C21H23N3O2/c1-2-12-22-21(25)20-23-16(13-14-8-4-3-5-9-14)19-18(24-20)15-10-6-7-11-17(15)26-19/h3-5,8-9H,2,6-7,10-13H2,1H3,(H,22,25). The predicted octanol–water partition coefficient (Wildman–Crippen LogP) is 3.83. The number of aryl methyl sites for hydroxylation is 2. The summed E-state index contributed by atoms with van der Waals surface area (Å²) < 4.78 is 6.15. The lowest BCUT2D eigenvalue weighted by atomic mass is 9.97. The topological polar surface area (TPSA) is 68.0 Å². The molecule has 2 aromatic heterocycles. The molecule has 1 amide bonds. The Kier molecular flexibility index (Phi) is 4.69. The fourth-order valence-electron chi connectivity index (χ4n) is 3.50. The highest BCUT2D eigenvalue weighted by Crippen LogP contribution is 2.32. The van der Waals surface area contributed by atoms with Crippen LogP contribution in [-0.2, 0) is 19.3 Å². The first-order chi connectivity index (χ1) is 12.8. The minimum Gasteiger partial charge on any atom is -0.457 e. The summed E-state index contributed by atoms with van der Waals surface area (Å²) in [4.78, 5) is 21.6. The number of hydrogen-bond donors (Lipinski definition) is 1. The second kappa shape index (κ2) is 7.28. The summed E-state index contributed by atoms with van der Waals surface area (Å²) in [5, 5.41) is 2.88. The van der Waals surface area contributed by atoms with E-state index in [2.05, 4.69) is 27.4 Å². The lowest BCUT2D eigenvalue weighted by molar-refractivity contribution is 0.0943. The normalized spacial score (nSPS) is 13.6. The quantitative estimate of drug-likeness (QED) is 0.760. The molecule has 4 rings (SSSR count). The largest absolute Gasteiger partial charge is 0.457 e. The molecular formula is C21H23N3O2.